The van der Waals surface area contributed by atoms with E-state index in [1.54, 1.807) is 0 Å². The lowest BCUT2D eigenvalue weighted by Crippen LogP contribution is -2.42. The van der Waals surface area contributed by atoms with Crippen molar-refractivity contribution in [2.24, 2.45) is 0 Å². The first kappa shape index (κ1) is 21.1. The first-order valence-corrected chi connectivity index (χ1v) is 9.60. The highest BCUT2D eigenvalue weighted by atomic mass is 32.2. The smallest absolute Gasteiger partial charge is 0.510 e. The van der Waals surface area contributed by atoms with Crippen LogP contribution >= 0.6 is 0 Å². The van der Waals surface area contributed by atoms with Crippen LogP contribution < -0.4 is 0 Å². The molecule has 24 heavy (non-hydrogen) atoms. The molecule has 0 atom stereocenters. The average molecular weight is 397 g/mol. The Labute approximate surface area is 137 Å². The molecule has 0 bridgehead atoms. The fraction of sp³-hybridized carbons (Fsp3) is 0.900. The van der Waals surface area contributed by atoms with Crippen molar-refractivity contribution in [3.8, 4) is 0 Å². The minimum Gasteiger partial charge on any atom is -0.772 e. The number of nitrogens with zero attached hydrogens (tertiary/aromatic N) is 2. The van der Waals surface area contributed by atoms with Gasteiger partial charge in [0.15, 0.2) is 0 Å². The van der Waals surface area contributed by atoms with Gasteiger partial charge < -0.3 is 10.1 Å². The number of hydrogen-bond donors (Lipinski definition) is 0. The molecule has 0 aromatic rings. The van der Waals surface area contributed by atoms with Crippen LogP contribution in [-0.4, -0.2) is 69.1 Å². The molecule has 142 valence electrons. The maximum absolute atomic E-state index is 12.1. The summed E-state index contributed by atoms with van der Waals surface area (Å²) < 4.78 is 84.8. The monoisotopic (exact) mass is 397 g/mol. The molecule has 1 amide bonds. The predicted molar refractivity (Wildman–Crippen MR) is 75.2 cm³/mol. The number of sulfonamides is 1. The molecule has 1 heterocycles. The van der Waals surface area contributed by atoms with Gasteiger partial charge in [0.2, 0.25) is 5.91 Å². The van der Waals surface area contributed by atoms with Crippen molar-refractivity contribution in [3.63, 3.8) is 0 Å². The maximum Gasteiger partial charge on any atom is 0.510 e. The van der Waals surface area contributed by atoms with E-state index in [0.717, 1.165) is 0 Å². The van der Waals surface area contributed by atoms with Gasteiger partial charge in [0.05, 0.1) is 11.9 Å². The number of hydrogen-bond acceptors (Lipinski definition) is 7. The number of alkyl halides is 3. The largest absolute Gasteiger partial charge is 0.772 e. The molecule has 1 aliphatic rings. The Kier molecular flexibility index (Phi) is 6.60. The van der Waals surface area contributed by atoms with E-state index < -0.39 is 48.5 Å². The van der Waals surface area contributed by atoms with Gasteiger partial charge in [-0.05, 0) is 12.8 Å². The first-order valence-electron chi connectivity index (χ1n) is 6.69. The van der Waals surface area contributed by atoms with Gasteiger partial charge in [-0.1, -0.05) is 0 Å². The summed E-state index contributed by atoms with van der Waals surface area (Å²) in [6.45, 7) is -0.659. The topological polar surface area (TPSA) is 124 Å². The number of halogens is 3. The van der Waals surface area contributed by atoms with Crippen LogP contribution in [0.5, 0.6) is 0 Å². The lowest BCUT2D eigenvalue weighted by molar-refractivity contribution is -0.129. The lowest BCUT2D eigenvalue weighted by atomic mass is 10.1. The average Bonchev–Trinajstić information content (AvgIpc) is 2.45. The molecule has 1 rings (SSSR count). The molecule has 1 aliphatic heterocycles. The molecule has 0 unspecified atom stereocenters. The Hall–Kier alpha value is -0.960. The van der Waals surface area contributed by atoms with Crippen molar-refractivity contribution in [3.05, 3.63) is 5.21 Å². The van der Waals surface area contributed by atoms with Crippen LogP contribution in [0.1, 0.15) is 19.8 Å². The maximum atomic E-state index is 12.1. The SMILES string of the molecule is CC(=O)N1CCC(S(=O)(=O)OCCN([O-])S(=O)(=O)C(F)(F)F)CC1. The summed E-state index contributed by atoms with van der Waals surface area (Å²) in [6, 6.07) is 0. The molecule has 14 heteroatoms. The minimum atomic E-state index is -6.08. The van der Waals surface area contributed by atoms with Crippen LogP contribution in [0.25, 0.3) is 0 Å². The molecule has 0 aliphatic carbocycles. The summed E-state index contributed by atoms with van der Waals surface area (Å²) in [5.74, 6) is -0.217. The van der Waals surface area contributed by atoms with Crippen molar-refractivity contribution in [2.75, 3.05) is 26.2 Å². The number of carbonyl (C=O) groups is 1. The second kappa shape index (κ2) is 7.51. The van der Waals surface area contributed by atoms with E-state index in [-0.39, 0.29) is 31.8 Å². The van der Waals surface area contributed by atoms with Crippen LogP contribution in [0.15, 0.2) is 0 Å². The molecule has 0 aromatic carbocycles. The van der Waals surface area contributed by atoms with E-state index in [1.165, 1.54) is 11.8 Å². The summed E-state index contributed by atoms with van der Waals surface area (Å²) >= 11 is 0. The number of hydroxylamine groups is 1. The first-order chi connectivity index (χ1) is 10.8. The normalized spacial score (nSPS) is 18.2. The number of amides is 1. The molecule has 0 radical (unpaired) electrons. The van der Waals surface area contributed by atoms with Crippen LogP contribution in [0.2, 0.25) is 0 Å². The number of rotatable bonds is 6. The quantitative estimate of drug-likeness (QED) is 0.456. The summed E-state index contributed by atoms with van der Waals surface area (Å²) in [7, 11) is -10.3. The van der Waals surface area contributed by atoms with E-state index in [1.807, 2.05) is 0 Å². The van der Waals surface area contributed by atoms with Crippen molar-refractivity contribution in [2.45, 2.75) is 30.5 Å². The number of likely N-dealkylation sites (tertiary alicyclic amines) is 1. The highest BCUT2D eigenvalue weighted by molar-refractivity contribution is 7.90. The Morgan fingerprint density at radius 1 is 1.25 bits per heavy atom. The third kappa shape index (κ3) is 5.02. The number of piperidine rings is 1. The molecular weight excluding hydrogens is 381 g/mol. The van der Waals surface area contributed by atoms with Crippen molar-refractivity contribution < 1.29 is 39.0 Å². The summed E-state index contributed by atoms with van der Waals surface area (Å²) in [5.41, 5.74) is -5.77. The second-order valence-corrected chi connectivity index (χ2v) is 8.71. The zero-order chi connectivity index (χ0) is 18.8. The van der Waals surface area contributed by atoms with Gasteiger partial charge in [0.25, 0.3) is 10.1 Å². The Balaban J connectivity index is 2.54. The van der Waals surface area contributed by atoms with E-state index >= 15 is 0 Å². The van der Waals surface area contributed by atoms with Gasteiger partial charge in [-0.2, -0.15) is 21.6 Å². The Morgan fingerprint density at radius 3 is 2.17 bits per heavy atom. The molecule has 0 spiro atoms. The second-order valence-electron chi connectivity index (χ2n) is 5.00. The van der Waals surface area contributed by atoms with Crippen LogP contribution in [0, 0.1) is 5.21 Å². The van der Waals surface area contributed by atoms with Crippen molar-refractivity contribution in [1.82, 2.24) is 9.37 Å². The highest BCUT2D eigenvalue weighted by Gasteiger charge is 2.46. The highest BCUT2D eigenvalue weighted by Crippen LogP contribution is 2.26. The van der Waals surface area contributed by atoms with Gasteiger partial charge in [0.1, 0.15) is 0 Å². The predicted octanol–water partition coefficient (Wildman–Crippen LogP) is -0.00690. The summed E-state index contributed by atoms with van der Waals surface area (Å²) in [6.07, 6.45) is 0.147. The summed E-state index contributed by atoms with van der Waals surface area (Å²) in [4.78, 5) is 12.6. The van der Waals surface area contributed by atoms with Gasteiger partial charge in [0, 0.05) is 26.6 Å². The van der Waals surface area contributed by atoms with Crippen LogP contribution in [0.3, 0.4) is 0 Å². The lowest BCUT2D eigenvalue weighted by Gasteiger charge is -2.31. The zero-order valence-corrected chi connectivity index (χ0v) is 14.2. The van der Waals surface area contributed by atoms with Gasteiger partial charge in [-0.25, -0.2) is 8.42 Å². The fourth-order valence-electron chi connectivity index (χ4n) is 2.02. The van der Waals surface area contributed by atoms with Crippen molar-refractivity contribution in [1.29, 1.82) is 0 Å². The fourth-order valence-corrected chi connectivity index (χ4v) is 3.85. The molecule has 0 N–H and O–H groups in total. The Morgan fingerprint density at radius 2 is 1.75 bits per heavy atom. The summed E-state index contributed by atoms with van der Waals surface area (Å²) in [5, 5.41) is 10.0. The van der Waals surface area contributed by atoms with E-state index in [0.29, 0.717) is 0 Å². The van der Waals surface area contributed by atoms with Gasteiger partial charge >= 0.3 is 15.5 Å². The Bertz CT molecular complexity index is 654. The van der Waals surface area contributed by atoms with Gasteiger partial charge in [-0.3, -0.25) is 13.4 Å². The molecule has 9 nitrogen and oxygen atoms in total. The molecular formula is C10H16F3N2O7S2-. The standard InChI is InChI=1S/C10H16F3N2O7S2/c1-8(16)14-4-2-9(3-5-14)23(18,19)22-7-6-15(17)24(20,21)10(11,12)13/h9H,2-7H2,1H3/q-1. The van der Waals surface area contributed by atoms with Crippen LogP contribution in [-0.2, 0) is 29.1 Å². The molecule has 0 aromatic heterocycles. The molecule has 1 saturated heterocycles. The van der Waals surface area contributed by atoms with E-state index in [9.17, 15) is 40.0 Å². The third-order valence-corrected chi connectivity index (χ3v) is 6.46. The third-order valence-electron chi connectivity index (χ3n) is 3.38. The molecule has 0 saturated carbocycles. The van der Waals surface area contributed by atoms with E-state index in [2.05, 4.69) is 4.18 Å². The van der Waals surface area contributed by atoms with Gasteiger partial charge in [-0.15, -0.1) is 0 Å². The zero-order valence-electron chi connectivity index (χ0n) is 12.5. The van der Waals surface area contributed by atoms with E-state index in [4.69, 9.17) is 0 Å². The molecule has 1 fully saturated rings. The van der Waals surface area contributed by atoms with Crippen molar-refractivity contribution >= 4 is 26.0 Å². The number of carbonyl (C=O) groups excluding carboxylic acids is 1. The minimum absolute atomic E-state index is 0.0733. The van der Waals surface area contributed by atoms with Crippen LogP contribution in [0.4, 0.5) is 13.2 Å².